The molecule has 1 aromatic rings. The molecule has 108 valence electrons. The van der Waals surface area contributed by atoms with Gasteiger partial charge in [-0.05, 0) is 37.4 Å². The highest BCUT2D eigenvalue weighted by Crippen LogP contribution is 2.29. The minimum atomic E-state index is -0.527. The third-order valence-corrected chi connectivity index (χ3v) is 3.57. The molecule has 4 heteroatoms. The van der Waals surface area contributed by atoms with Crippen LogP contribution >= 0.6 is 0 Å². The summed E-state index contributed by atoms with van der Waals surface area (Å²) in [5, 5.41) is 19.0. The van der Waals surface area contributed by atoms with Gasteiger partial charge >= 0.3 is 0 Å². The van der Waals surface area contributed by atoms with Crippen LogP contribution in [0.2, 0.25) is 0 Å². The lowest BCUT2D eigenvalue weighted by Crippen LogP contribution is -2.36. The minimum Gasteiger partial charge on any atom is -0.489 e. The third-order valence-electron chi connectivity index (χ3n) is 3.57. The van der Waals surface area contributed by atoms with Crippen molar-refractivity contribution >= 4 is 0 Å². The van der Waals surface area contributed by atoms with Crippen LogP contribution in [0.4, 0.5) is 0 Å². The van der Waals surface area contributed by atoms with E-state index in [9.17, 15) is 5.11 Å². The van der Waals surface area contributed by atoms with Gasteiger partial charge in [-0.3, -0.25) is 0 Å². The lowest BCUT2D eigenvalue weighted by atomic mass is 10.2. The van der Waals surface area contributed by atoms with Gasteiger partial charge in [0.05, 0.1) is 5.56 Å². The zero-order valence-corrected chi connectivity index (χ0v) is 12.0. The van der Waals surface area contributed by atoms with E-state index in [0.717, 1.165) is 19.0 Å². The van der Waals surface area contributed by atoms with E-state index in [2.05, 4.69) is 17.9 Å². The van der Waals surface area contributed by atoms with Crippen molar-refractivity contribution in [3.63, 3.8) is 0 Å². The van der Waals surface area contributed by atoms with E-state index in [4.69, 9.17) is 10.00 Å². The summed E-state index contributed by atoms with van der Waals surface area (Å²) in [6.07, 6.45) is 2.11. The Bertz CT molecular complexity index is 466. The summed E-state index contributed by atoms with van der Waals surface area (Å²) in [7, 11) is 0. The summed E-state index contributed by atoms with van der Waals surface area (Å²) in [5.74, 6) is 1.36. The highest BCUT2D eigenvalue weighted by Gasteiger charge is 2.24. The van der Waals surface area contributed by atoms with Crippen molar-refractivity contribution in [3.05, 3.63) is 29.8 Å². The molecule has 0 bridgehead atoms. The molecule has 0 spiro atoms. The zero-order valence-electron chi connectivity index (χ0n) is 12.0. The van der Waals surface area contributed by atoms with Gasteiger partial charge in [-0.1, -0.05) is 19.1 Å². The molecule has 0 amide bonds. The van der Waals surface area contributed by atoms with E-state index >= 15 is 0 Å². The van der Waals surface area contributed by atoms with E-state index < -0.39 is 6.10 Å². The number of para-hydroxylation sites is 1. The van der Waals surface area contributed by atoms with Crippen molar-refractivity contribution in [1.29, 1.82) is 5.26 Å². The molecule has 1 aliphatic rings. The maximum atomic E-state index is 10.1. The number of rotatable bonds is 8. The molecule has 1 fully saturated rings. The van der Waals surface area contributed by atoms with Crippen molar-refractivity contribution in [3.8, 4) is 11.8 Å². The summed E-state index contributed by atoms with van der Waals surface area (Å²) in [5.41, 5.74) is 0.505. The Balaban J connectivity index is 1.78. The van der Waals surface area contributed by atoms with E-state index in [1.165, 1.54) is 12.8 Å². The van der Waals surface area contributed by atoms with Gasteiger partial charge in [0.15, 0.2) is 0 Å². The molecule has 1 N–H and O–H groups in total. The van der Waals surface area contributed by atoms with Crippen LogP contribution in [0, 0.1) is 17.2 Å². The number of benzene rings is 1. The average molecular weight is 274 g/mol. The van der Waals surface area contributed by atoms with Gasteiger partial charge < -0.3 is 14.7 Å². The maximum absolute atomic E-state index is 10.1. The van der Waals surface area contributed by atoms with Gasteiger partial charge in [0.1, 0.15) is 24.5 Å². The molecule has 1 unspecified atom stereocenters. The molecular weight excluding hydrogens is 252 g/mol. The quantitative estimate of drug-likeness (QED) is 0.788. The van der Waals surface area contributed by atoms with Crippen molar-refractivity contribution < 1.29 is 9.84 Å². The first-order chi connectivity index (χ1) is 9.72. The lowest BCUT2D eigenvalue weighted by Gasteiger charge is -2.23. The Kier molecular flexibility index (Phi) is 5.40. The summed E-state index contributed by atoms with van der Waals surface area (Å²) in [6, 6.07) is 9.19. The van der Waals surface area contributed by atoms with Gasteiger partial charge in [-0.25, -0.2) is 0 Å². The number of aliphatic hydroxyl groups is 1. The Labute approximate surface area is 120 Å². The smallest absolute Gasteiger partial charge is 0.137 e. The van der Waals surface area contributed by atoms with Crippen molar-refractivity contribution in [2.24, 2.45) is 5.92 Å². The van der Waals surface area contributed by atoms with Gasteiger partial charge in [-0.2, -0.15) is 5.26 Å². The molecule has 1 aliphatic carbocycles. The minimum absolute atomic E-state index is 0.222. The first-order valence-electron chi connectivity index (χ1n) is 7.25. The Morgan fingerprint density at radius 1 is 1.45 bits per heavy atom. The maximum Gasteiger partial charge on any atom is 0.137 e. The van der Waals surface area contributed by atoms with Crippen LogP contribution < -0.4 is 4.74 Å². The zero-order chi connectivity index (χ0) is 14.4. The second-order valence-corrected chi connectivity index (χ2v) is 5.37. The second kappa shape index (κ2) is 7.28. The first-order valence-corrected chi connectivity index (χ1v) is 7.25. The van der Waals surface area contributed by atoms with Crippen LogP contribution in [0.5, 0.6) is 5.75 Å². The topological polar surface area (TPSA) is 56.5 Å². The van der Waals surface area contributed by atoms with E-state index in [0.29, 0.717) is 17.9 Å². The summed E-state index contributed by atoms with van der Waals surface area (Å²) in [4.78, 5) is 2.27. The molecule has 4 nitrogen and oxygen atoms in total. The van der Waals surface area contributed by atoms with Crippen LogP contribution in [0.15, 0.2) is 24.3 Å². The highest BCUT2D eigenvalue weighted by molar-refractivity contribution is 5.42. The number of likely N-dealkylation sites (N-methyl/N-ethyl adjacent to an activating group) is 1. The molecule has 0 radical (unpaired) electrons. The third kappa shape index (κ3) is 4.52. The van der Waals surface area contributed by atoms with E-state index in [-0.39, 0.29) is 6.61 Å². The molecule has 0 saturated heterocycles. The molecule has 20 heavy (non-hydrogen) atoms. The van der Waals surface area contributed by atoms with Crippen molar-refractivity contribution in [2.75, 3.05) is 26.2 Å². The Morgan fingerprint density at radius 3 is 2.85 bits per heavy atom. The Hall–Kier alpha value is -1.57. The normalized spacial score (nSPS) is 15.9. The Morgan fingerprint density at radius 2 is 2.20 bits per heavy atom. The van der Waals surface area contributed by atoms with Crippen LogP contribution in [-0.4, -0.2) is 42.4 Å². The molecular formula is C16H22N2O2. The van der Waals surface area contributed by atoms with Crippen molar-refractivity contribution in [1.82, 2.24) is 4.90 Å². The molecule has 0 aliphatic heterocycles. The van der Waals surface area contributed by atoms with Crippen LogP contribution in [0.3, 0.4) is 0 Å². The first kappa shape index (κ1) is 14.8. The number of hydrogen-bond donors (Lipinski definition) is 1. The largest absolute Gasteiger partial charge is 0.489 e. The van der Waals surface area contributed by atoms with Crippen molar-refractivity contribution in [2.45, 2.75) is 25.9 Å². The summed E-state index contributed by atoms with van der Waals surface area (Å²) < 4.78 is 5.56. The molecule has 1 atom stereocenters. The average Bonchev–Trinajstić information content (AvgIpc) is 3.28. The fraction of sp³-hybridized carbons (Fsp3) is 0.562. The van der Waals surface area contributed by atoms with E-state index in [1.54, 1.807) is 18.2 Å². The standard InChI is InChI=1S/C16H22N2O2/c1-2-18(10-13-7-8-13)11-15(19)12-20-16-6-4-3-5-14(16)9-17/h3-6,13,15,19H,2,7-8,10-12H2,1H3. The fourth-order valence-corrected chi connectivity index (χ4v) is 2.22. The van der Waals surface area contributed by atoms with Gasteiger partial charge in [0, 0.05) is 13.1 Å². The molecule has 1 aromatic carbocycles. The summed E-state index contributed by atoms with van der Waals surface area (Å²) >= 11 is 0. The van der Waals surface area contributed by atoms with E-state index in [1.807, 2.05) is 6.07 Å². The lowest BCUT2D eigenvalue weighted by molar-refractivity contribution is 0.0683. The van der Waals surface area contributed by atoms with Crippen LogP contribution in [-0.2, 0) is 0 Å². The predicted molar refractivity (Wildman–Crippen MR) is 77.5 cm³/mol. The number of hydrogen-bond acceptors (Lipinski definition) is 4. The predicted octanol–water partition coefficient (Wildman–Crippen LogP) is 2.03. The molecule has 2 rings (SSSR count). The molecule has 0 heterocycles. The summed E-state index contributed by atoms with van der Waals surface area (Å²) in [6.45, 7) is 4.98. The molecule has 0 aromatic heterocycles. The molecule has 1 saturated carbocycles. The van der Waals surface area contributed by atoms with Gasteiger partial charge in [-0.15, -0.1) is 0 Å². The number of aliphatic hydroxyl groups excluding tert-OH is 1. The van der Waals surface area contributed by atoms with Gasteiger partial charge in [0.2, 0.25) is 0 Å². The number of ether oxygens (including phenoxy) is 1. The highest BCUT2D eigenvalue weighted by atomic mass is 16.5. The van der Waals surface area contributed by atoms with Gasteiger partial charge in [0.25, 0.3) is 0 Å². The SMILES string of the molecule is CCN(CC(O)COc1ccccc1C#N)CC1CC1. The number of nitriles is 1. The fourth-order valence-electron chi connectivity index (χ4n) is 2.22. The van der Waals surface area contributed by atoms with Crippen LogP contribution in [0.1, 0.15) is 25.3 Å². The number of nitrogens with zero attached hydrogens (tertiary/aromatic N) is 2. The van der Waals surface area contributed by atoms with Crippen LogP contribution in [0.25, 0.3) is 0 Å². The monoisotopic (exact) mass is 274 g/mol. The second-order valence-electron chi connectivity index (χ2n) is 5.37.